The second-order valence-corrected chi connectivity index (χ2v) is 16.5. The summed E-state index contributed by atoms with van der Waals surface area (Å²) < 4.78 is 44.0. The van der Waals surface area contributed by atoms with Gasteiger partial charge in [0.2, 0.25) is 0 Å². The molecule has 0 bridgehead atoms. The average Bonchev–Trinajstić information content (AvgIpc) is 3.34. The van der Waals surface area contributed by atoms with Gasteiger partial charge in [0.05, 0.1) is 19.0 Å². The number of aromatic nitrogens is 1. The van der Waals surface area contributed by atoms with Crippen LogP contribution in [-0.4, -0.2) is 53.5 Å². The highest BCUT2D eigenvalue weighted by molar-refractivity contribution is 7.85. The van der Waals surface area contributed by atoms with E-state index in [0.29, 0.717) is 54.7 Å². The number of carboxylic acid groups (broad SMARTS) is 1. The van der Waals surface area contributed by atoms with Gasteiger partial charge in [0.25, 0.3) is 10.1 Å². The van der Waals surface area contributed by atoms with Gasteiger partial charge in [-0.15, -0.1) is 0 Å². The van der Waals surface area contributed by atoms with Gasteiger partial charge < -0.3 is 19.9 Å². The Hall–Kier alpha value is -3.34. The molecule has 1 spiro atoms. The molecule has 2 aromatic carbocycles. The Kier molecular flexibility index (Phi) is 10.5. The van der Waals surface area contributed by atoms with Crippen LogP contribution in [0.15, 0.2) is 54.7 Å². The van der Waals surface area contributed by atoms with Crippen LogP contribution in [-0.2, 0) is 33.2 Å². The zero-order valence-corrected chi connectivity index (χ0v) is 29.9. The van der Waals surface area contributed by atoms with Crippen LogP contribution in [0.2, 0.25) is 5.02 Å². The summed E-state index contributed by atoms with van der Waals surface area (Å²) in [5.41, 5.74) is 4.14. The molecule has 1 saturated carbocycles. The molecule has 0 amide bonds. The number of anilines is 1. The molecule has 1 heterocycles. The van der Waals surface area contributed by atoms with E-state index in [1.54, 1.807) is 12.1 Å². The minimum absolute atomic E-state index is 0.159. The number of aryl methyl sites for hydroxylation is 1. The highest BCUT2D eigenvalue weighted by atomic mass is 35.5. The largest absolute Gasteiger partial charge is 0.494 e. The number of carbonyl (C=O) groups is 1. The number of pyridine rings is 1. The van der Waals surface area contributed by atoms with Crippen LogP contribution in [0.4, 0.5) is 5.69 Å². The Bertz CT molecular complexity index is 1770. The lowest BCUT2D eigenvalue weighted by Crippen LogP contribution is -2.53. The van der Waals surface area contributed by atoms with E-state index >= 15 is 0 Å². The van der Waals surface area contributed by atoms with Crippen molar-refractivity contribution in [2.24, 2.45) is 11.8 Å². The lowest BCUT2D eigenvalue weighted by molar-refractivity contribution is -0.144. The Balaban J connectivity index is 1.23. The second kappa shape index (κ2) is 14.5. The van der Waals surface area contributed by atoms with Crippen LogP contribution in [0.1, 0.15) is 93.5 Å². The fourth-order valence-corrected chi connectivity index (χ4v) is 9.27. The number of nitrogens with one attached hydrogen (secondary N) is 1. The number of aliphatic carboxylic acids is 1. The Morgan fingerprint density at radius 2 is 1.92 bits per heavy atom. The first kappa shape index (κ1) is 35.5. The molecule has 1 fully saturated rings. The predicted octanol–water partition coefficient (Wildman–Crippen LogP) is 7.86. The summed E-state index contributed by atoms with van der Waals surface area (Å²) in [5, 5.41) is 14.5. The first-order valence-electron chi connectivity index (χ1n) is 17.5. The number of hydrogen-bond acceptors (Lipinski definition) is 7. The van der Waals surface area contributed by atoms with Gasteiger partial charge in [-0.05, 0) is 135 Å². The smallest absolute Gasteiger partial charge is 0.329 e. The maximum absolute atomic E-state index is 12.9. The topological polar surface area (TPSA) is 135 Å². The number of carboxylic acids is 1. The highest BCUT2D eigenvalue weighted by Crippen LogP contribution is 2.56. The summed E-state index contributed by atoms with van der Waals surface area (Å²) in [5.74, 6) is 1.32. The van der Waals surface area contributed by atoms with Gasteiger partial charge in [-0.3, -0.25) is 9.54 Å². The number of nitrogens with zero attached hydrogens (tertiary/aromatic N) is 1. The number of halogens is 1. The van der Waals surface area contributed by atoms with Crippen molar-refractivity contribution in [3.8, 4) is 11.5 Å². The van der Waals surface area contributed by atoms with Crippen molar-refractivity contribution in [1.29, 1.82) is 0 Å². The molecule has 49 heavy (non-hydrogen) atoms. The number of hydrogen-bond donors (Lipinski definition) is 3. The van der Waals surface area contributed by atoms with Gasteiger partial charge in [0.1, 0.15) is 17.0 Å². The lowest BCUT2D eigenvalue weighted by atomic mass is 9.59. The molecule has 0 aliphatic heterocycles. The van der Waals surface area contributed by atoms with E-state index in [9.17, 15) is 18.3 Å². The van der Waals surface area contributed by atoms with Crippen LogP contribution < -0.4 is 14.8 Å². The summed E-state index contributed by atoms with van der Waals surface area (Å²) in [6.07, 6.45) is 9.37. The van der Waals surface area contributed by atoms with Crippen LogP contribution in [0.5, 0.6) is 11.5 Å². The molecule has 0 radical (unpaired) electrons. The zero-order chi connectivity index (χ0) is 34.8. The first-order chi connectivity index (χ1) is 23.4. The molecule has 3 atom stereocenters. The van der Waals surface area contributed by atoms with E-state index in [4.69, 9.17) is 25.6 Å². The summed E-state index contributed by atoms with van der Waals surface area (Å²) in [7, 11) is -4.06. The van der Waals surface area contributed by atoms with Crippen LogP contribution >= 0.6 is 11.6 Å². The van der Waals surface area contributed by atoms with E-state index in [2.05, 4.69) is 36.3 Å². The van der Waals surface area contributed by atoms with Gasteiger partial charge in [0.15, 0.2) is 0 Å². The molecular weight excluding hydrogens is 664 g/mol. The molecule has 1 aromatic heterocycles. The van der Waals surface area contributed by atoms with Crippen LogP contribution in [0, 0.1) is 11.8 Å². The maximum atomic E-state index is 12.9. The lowest BCUT2D eigenvalue weighted by Gasteiger charge is -2.47. The monoisotopic (exact) mass is 710 g/mol. The normalized spacial score (nSPS) is 25.3. The first-order valence-corrected chi connectivity index (χ1v) is 19.5. The molecule has 11 heteroatoms. The second-order valence-electron chi connectivity index (χ2n) is 14.5. The van der Waals surface area contributed by atoms with Crippen molar-refractivity contribution in [3.05, 3.63) is 82.1 Å². The summed E-state index contributed by atoms with van der Waals surface area (Å²) in [6.45, 7) is 5.24. The third-order valence-electron chi connectivity index (χ3n) is 11.1. The molecular formula is C38H47ClN2O7S. The fourth-order valence-electron chi connectivity index (χ4n) is 8.60. The van der Waals surface area contributed by atoms with Crippen molar-refractivity contribution in [3.63, 3.8) is 0 Å². The minimum Gasteiger partial charge on any atom is -0.494 e. The van der Waals surface area contributed by atoms with Crippen molar-refractivity contribution in [1.82, 2.24) is 4.98 Å². The number of benzene rings is 2. The molecule has 9 nitrogen and oxygen atoms in total. The van der Waals surface area contributed by atoms with Crippen molar-refractivity contribution < 1.29 is 32.3 Å². The number of fused-ring (bicyclic) bond motifs is 3. The average molecular weight is 711 g/mol. The van der Waals surface area contributed by atoms with E-state index in [1.165, 1.54) is 16.7 Å². The van der Waals surface area contributed by atoms with Crippen LogP contribution in [0.3, 0.4) is 0 Å². The molecule has 0 saturated heterocycles. The Morgan fingerprint density at radius 1 is 1.12 bits per heavy atom. The van der Waals surface area contributed by atoms with Crippen molar-refractivity contribution in [2.75, 3.05) is 24.3 Å². The molecule has 264 valence electrons. The fraction of sp³-hybridized carbons (Fsp3) is 0.526. The quantitative estimate of drug-likeness (QED) is 0.120. The highest BCUT2D eigenvalue weighted by Gasteiger charge is 2.54. The standard InChI is InChI=1S/C38H47ClN2O7S/c1-25(24-48-34-12-17-40-33-9-3-6-26(2)35(33)34)20-28-21-27-10-11-31(47-18-5-19-49(44,45)46)23-32(27)37(28)13-15-38(16-14-37,36(42)43)41-30-8-4-7-29(39)22-30/h4,7-8,10-12,17,22-23,25-26,28,41H,3,5-6,9,13-16,18-21,24H2,1-2H3,(H,42,43)(H,44,45,46)/t25-,26-,28+,37?,38?/m1/s1. The van der Waals surface area contributed by atoms with Gasteiger partial charge in [-0.1, -0.05) is 37.6 Å². The van der Waals surface area contributed by atoms with Gasteiger partial charge >= 0.3 is 5.97 Å². The number of rotatable bonds is 13. The van der Waals surface area contributed by atoms with E-state index in [1.807, 2.05) is 30.5 Å². The molecule has 3 N–H and O–H groups in total. The number of ether oxygens (including phenoxy) is 2. The Labute approximate surface area is 294 Å². The molecule has 6 rings (SSSR count). The third-order valence-corrected chi connectivity index (χ3v) is 12.1. The molecule has 3 aliphatic rings. The molecule has 0 unspecified atom stereocenters. The SMILES string of the molecule is C[C@@H](COc1ccnc2c1[C@H](C)CCC2)C[C@H]1Cc2ccc(OCCCS(=O)(=O)O)cc2C12CCC(Nc1cccc(Cl)c1)(C(=O)O)CC2. The van der Waals surface area contributed by atoms with Gasteiger partial charge in [0, 0.05) is 28.2 Å². The van der Waals surface area contributed by atoms with E-state index < -0.39 is 21.6 Å². The van der Waals surface area contributed by atoms with Gasteiger partial charge in [-0.2, -0.15) is 8.42 Å². The minimum atomic E-state index is -4.06. The Morgan fingerprint density at radius 3 is 2.65 bits per heavy atom. The molecule has 3 aliphatic carbocycles. The van der Waals surface area contributed by atoms with Gasteiger partial charge in [-0.25, -0.2) is 4.79 Å². The summed E-state index contributed by atoms with van der Waals surface area (Å²) >= 11 is 6.24. The summed E-state index contributed by atoms with van der Waals surface area (Å²) in [4.78, 5) is 17.5. The van der Waals surface area contributed by atoms with Crippen molar-refractivity contribution >= 4 is 33.4 Å². The van der Waals surface area contributed by atoms with E-state index in [-0.39, 0.29) is 36.0 Å². The third kappa shape index (κ3) is 7.86. The molecule has 3 aromatic rings. The maximum Gasteiger partial charge on any atom is 0.329 e. The van der Waals surface area contributed by atoms with E-state index in [0.717, 1.165) is 43.5 Å². The van der Waals surface area contributed by atoms with Crippen molar-refractivity contribution in [2.45, 2.75) is 94.9 Å². The zero-order valence-electron chi connectivity index (χ0n) is 28.3. The summed E-state index contributed by atoms with van der Waals surface area (Å²) in [6, 6.07) is 15.3. The van der Waals surface area contributed by atoms with Crippen LogP contribution in [0.25, 0.3) is 0 Å². The predicted molar refractivity (Wildman–Crippen MR) is 191 cm³/mol.